The molecule has 0 unspecified atom stereocenters. The third kappa shape index (κ3) is 4.76. The molecule has 0 aliphatic heterocycles. The molecular formula is C18H16N4O3. The zero-order chi connectivity index (χ0) is 18.2. The van der Waals surface area contributed by atoms with Crippen LogP contribution >= 0.6 is 0 Å². The fourth-order valence-electron chi connectivity index (χ4n) is 2.05. The van der Waals surface area contributed by atoms with Gasteiger partial charge in [-0.1, -0.05) is 13.3 Å². The molecule has 0 N–H and O–H groups in total. The number of aryl methyl sites for hydroxylation is 1. The van der Waals surface area contributed by atoms with E-state index < -0.39 is 5.97 Å². The Morgan fingerprint density at radius 2 is 1.68 bits per heavy atom. The van der Waals surface area contributed by atoms with Crippen molar-refractivity contribution in [1.29, 1.82) is 10.5 Å². The summed E-state index contributed by atoms with van der Waals surface area (Å²) in [7, 11) is 0. The molecule has 0 aliphatic rings. The molecule has 0 atom stereocenters. The molecule has 7 heteroatoms. The summed E-state index contributed by atoms with van der Waals surface area (Å²) in [6, 6.07) is 10.1. The molecule has 0 fully saturated rings. The maximum atomic E-state index is 10.9. The number of carbonyl (C=O) groups excluding carboxylic acids is 1. The predicted molar refractivity (Wildman–Crippen MR) is 87.9 cm³/mol. The Bertz CT molecular complexity index is 848. The zero-order valence-electron chi connectivity index (χ0n) is 13.9. The van der Waals surface area contributed by atoms with E-state index in [2.05, 4.69) is 9.97 Å². The van der Waals surface area contributed by atoms with E-state index in [4.69, 9.17) is 20.0 Å². The summed E-state index contributed by atoms with van der Waals surface area (Å²) in [5.74, 6) is 0.641. The molecule has 0 saturated heterocycles. The number of hydrogen-bond donors (Lipinski definition) is 0. The maximum Gasteiger partial charge on any atom is 0.308 e. The number of nitrogens with zero attached hydrogens (tertiary/aromatic N) is 4. The van der Waals surface area contributed by atoms with Crippen LogP contribution in [0.15, 0.2) is 24.3 Å². The fraction of sp³-hybridized carbons (Fsp3) is 0.278. The van der Waals surface area contributed by atoms with E-state index >= 15 is 0 Å². The van der Waals surface area contributed by atoms with Crippen molar-refractivity contribution in [3.63, 3.8) is 0 Å². The van der Waals surface area contributed by atoms with Gasteiger partial charge in [0.2, 0.25) is 5.88 Å². The highest BCUT2D eigenvalue weighted by atomic mass is 16.5. The Labute approximate surface area is 145 Å². The molecule has 2 rings (SSSR count). The maximum absolute atomic E-state index is 10.9. The van der Waals surface area contributed by atoms with E-state index in [9.17, 15) is 4.79 Å². The summed E-state index contributed by atoms with van der Waals surface area (Å²) in [6.07, 6.45) is 2.39. The van der Waals surface area contributed by atoms with Gasteiger partial charge in [0.15, 0.2) is 11.4 Å². The number of esters is 1. The van der Waals surface area contributed by atoms with Crippen LogP contribution in [0.5, 0.6) is 17.4 Å². The lowest BCUT2D eigenvalue weighted by molar-refractivity contribution is -0.131. The second-order valence-electron chi connectivity index (χ2n) is 5.17. The second kappa shape index (κ2) is 8.42. The monoisotopic (exact) mass is 336 g/mol. The zero-order valence-corrected chi connectivity index (χ0v) is 13.9. The summed E-state index contributed by atoms with van der Waals surface area (Å²) >= 11 is 0. The number of ether oxygens (including phenoxy) is 2. The molecule has 0 amide bonds. The van der Waals surface area contributed by atoms with E-state index in [1.54, 1.807) is 24.3 Å². The lowest BCUT2D eigenvalue weighted by atomic mass is 10.2. The van der Waals surface area contributed by atoms with Crippen LogP contribution < -0.4 is 9.47 Å². The van der Waals surface area contributed by atoms with E-state index in [0.29, 0.717) is 23.6 Å². The molecule has 2 aromatic rings. The summed E-state index contributed by atoms with van der Waals surface area (Å²) in [4.78, 5) is 19.3. The van der Waals surface area contributed by atoms with Crippen molar-refractivity contribution >= 4 is 5.97 Å². The SMILES string of the molecule is CCCCc1nc(C#N)c(C#N)nc1Oc1ccc(OC(C)=O)cc1. The topological polar surface area (TPSA) is 109 Å². The van der Waals surface area contributed by atoms with E-state index in [1.165, 1.54) is 6.92 Å². The van der Waals surface area contributed by atoms with Gasteiger partial charge in [-0.2, -0.15) is 15.5 Å². The van der Waals surface area contributed by atoms with Crippen LogP contribution in [0.25, 0.3) is 0 Å². The highest BCUT2D eigenvalue weighted by Gasteiger charge is 2.15. The number of aromatic nitrogens is 2. The van der Waals surface area contributed by atoms with Crippen molar-refractivity contribution in [2.75, 3.05) is 0 Å². The van der Waals surface area contributed by atoms with E-state index in [-0.39, 0.29) is 17.3 Å². The summed E-state index contributed by atoms with van der Waals surface area (Å²) in [5, 5.41) is 18.2. The minimum Gasteiger partial charge on any atom is -0.437 e. The summed E-state index contributed by atoms with van der Waals surface area (Å²) in [6.45, 7) is 3.36. The largest absolute Gasteiger partial charge is 0.437 e. The van der Waals surface area contributed by atoms with Crippen molar-refractivity contribution in [2.45, 2.75) is 33.1 Å². The molecule has 0 aliphatic carbocycles. The van der Waals surface area contributed by atoms with Crippen molar-refractivity contribution in [3.8, 4) is 29.5 Å². The molecule has 7 nitrogen and oxygen atoms in total. The molecule has 0 saturated carbocycles. The lowest BCUT2D eigenvalue weighted by Gasteiger charge is -2.10. The van der Waals surface area contributed by atoms with Crippen LogP contribution in [-0.2, 0) is 11.2 Å². The molecule has 0 bridgehead atoms. The average Bonchev–Trinajstić information content (AvgIpc) is 2.61. The highest BCUT2D eigenvalue weighted by molar-refractivity contribution is 5.69. The first-order valence-corrected chi connectivity index (χ1v) is 7.74. The van der Waals surface area contributed by atoms with Crippen LogP contribution in [0.2, 0.25) is 0 Å². The van der Waals surface area contributed by atoms with Crippen molar-refractivity contribution in [1.82, 2.24) is 9.97 Å². The Hall–Kier alpha value is -3.45. The Kier molecular flexibility index (Phi) is 6.02. The molecule has 126 valence electrons. The normalized spacial score (nSPS) is 9.76. The van der Waals surface area contributed by atoms with Gasteiger partial charge in [-0.05, 0) is 37.1 Å². The minimum absolute atomic E-state index is 0.00819. The number of hydrogen-bond acceptors (Lipinski definition) is 7. The smallest absolute Gasteiger partial charge is 0.308 e. The Morgan fingerprint density at radius 3 is 2.24 bits per heavy atom. The van der Waals surface area contributed by atoms with E-state index in [0.717, 1.165) is 12.8 Å². The first-order valence-electron chi connectivity index (χ1n) is 7.74. The van der Waals surface area contributed by atoms with Crippen LogP contribution in [0, 0.1) is 22.7 Å². The number of benzene rings is 1. The van der Waals surface area contributed by atoms with Gasteiger partial charge in [-0.25, -0.2) is 4.98 Å². The van der Waals surface area contributed by atoms with Crippen LogP contribution in [-0.4, -0.2) is 15.9 Å². The first kappa shape index (κ1) is 17.9. The molecule has 0 radical (unpaired) electrons. The van der Waals surface area contributed by atoms with Gasteiger partial charge in [0.1, 0.15) is 29.3 Å². The second-order valence-corrected chi connectivity index (χ2v) is 5.17. The average molecular weight is 336 g/mol. The molecule has 1 heterocycles. The highest BCUT2D eigenvalue weighted by Crippen LogP contribution is 2.26. The van der Waals surface area contributed by atoms with Gasteiger partial charge in [0.25, 0.3) is 0 Å². The predicted octanol–water partition coefficient (Wildman–Crippen LogP) is 3.28. The summed E-state index contributed by atoms with van der Waals surface area (Å²) in [5.41, 5.74) is 0.446. The standard InChI is InChI=1S/C18H16N4O3/c1-3-4-5-15-18(22-17(11-20)16(10-19)21-15)25-14-8-6-13(7-9-14)24-12(2)23/h6-9H,3-5H2,1-2H3. The fourth-order valence-corrected chi connectivity index (χ4v) is 2.05. The molecular weight excluding hydrogens is 320 g/mol. The number of carbonyl (C=O) groups is 1. The molecule has 25 heavy (non-hydrogen) atoms. The molecule has 1 aromatic heterocycles. The Morgan fingerprint density at radius 1 is 1.08 bits per heavy atom. The molecule has 1 aromatic carbocycles. The van der Waals surface area contributed by atoms with Crippen molar-refractivity contribution in [2.24, 2.45) is 0 Å². The number of rotatable bonds is 6. The lowest BCUT2D eigenvalue weighted by Crippen LogP contribution is -2.04. The van der Waals surface area contributed by atoms with Gasteiger partial charge in [-0.15, -0.1) is 0 Å². The molecule has 0 spiro atoms. The van der Waals surface area contributed by atoms with E-state index in [1.807, 2.05) is 19.1 Å². The first-order chi connectivity index (χ1) is 12.1. The van der Waals surface area contributed by atoms with Gasteiger partial charge in [0.05, 0.1) is 0 Å². The number of nitriles is 2. The van der Waals surface area contributed by atoms with Gasteiger partial charge in [0, 0.05) is 6.92 Å². The summed E-state index contributed by atoms with van der Waals surface area (Å²) < 4.78 is 10.7. The third-order valence-electron chi connectivity index (χ3n) is 3.21. The van der Waals surface area contributed by atoms with Crippen LogP contribution in [0.4, 0.5) is 0 Å². The van der Waals surface area contributed by atoms with Gasteiger partial charge < -0.3 is 9.47 Å². The third-order valence-corrected chi connectivity index (χ3v) is 3.21. The van der Waals surface area contributed by atoms with Crippen LogP contribution in [0.1, 0.15) is 43.8 Å². The van der Waals surface area contributed by atoms with Crippen LogP contribution in [0.3, 0.4) is 0 Å². The quantitative estimate of drug-likeness (QED) is 0.588. The van der Waals surface area contributed by atoms with Gasteiger partial charge >= 0.3 is 5.97 Å². The minimum atomic E-state index is -0.410. The van der Waals surface area contributed by atoms with Gasteiger partial charge in [-0.3, -0.25) is 4.79 Å². The van der Waals surface area contributed by atoms with Crippen molar-refractivity contribution < 1.29 is 14.3 Å². The van der Waals surface area contributed by atoms with Crippen molar-refractivity contribution in [3.05, 3.63) is 41.3 Å². The number of unbranched alkanes of at least 4 members (excludes halogenated alkanes) is 1. The Balaban J connectivity index is 2.32.